The summed E-state index contributed by atoms with van der Waals surface area (Å²) in [4.78, 5) is 20.2. The fourth-order valence-electron chi connectivity index (χ4n) is 2.47. The number of ether oxygens (including phenoxy) is 1. The highest BCUT2D eigenvalue weighted by Gasteiger charge is 2.11. The first-order valence-corrected chi connectivity index (χ1v) is 9.29. The number of ketones is 1. The lowest BCUT2D eigenvalue weighted by Gasteiger charge is -2.13. The molecule has 0 fully saturated rings. The minimum absolute atomic E-state index is 0.0142. The minimum atomic E-state index is -0.637. The van der Waals surface area contributed by atoms with E-state index in [0.717, 1.165) is 15.9 Å². The first kappa shape index (κ1) is 18.4. The second-order valence-electron chi connectivity index (χ2n) is 5.95. The number of rotatable bonds is 7. The Bertz CT molecular complexity index is 913. The molecule has 0 saturated carbocycles. The Morgan fingerprint density at radius 2 is 1.88 bits per heavy atom. The molecule has 1 N–H and O–H groups in total. The number of thioether (sulfide) groups is 1. The predicted molar refractivity (Wildman–Crippen MR) is 103 cm³/mol. The van der Waals surface area contributed by atoms with E-state index in [9.17, 15) is 9.90 Å². The molecule has 134 valence electrons. The number of aliphatic hydroxyl groups is 1. The van der Waals surface area contributed by atoms with Crippen molar-refractivity contribution in [3.63, 3.8) is 0 Å². The zero-order valence-electron chi connectivity index (χ0n) is 14.7. The van der Waals surface area contributed by atoms with Crippen molar-refractivity contribution in [3.8, 4) is 5.75 Å². The summed E-state index contributed by atoms with van der Waals surface area (Å²) < 4.78 is 5.59. The normalized spacial score (nSPS) is 12.1. The van der Waals surface area contributed by atoms with E-state index in [1.807, 2.05) is 31.2 Å². The minimum Gasteiger partial charge on any atom is -0.491 e. The maximum absolute atomic E-state index is 11.3. The van der Waals surface area contributed by atoms with E-state index in [2.05, 4.69) is 9.97 Å². The number of Topliss-reactive ketones (excluding diaryl/α,β-unsaturated/α-hetero) is 1. The van der Waals surface area contributed by atoms with Gasteiger partial charge in [0.25, 0.3) is 0 Å². The van der Waals surface area contributed by atoms with Gasteiger partial charge in [-0.3, -0.25) is 4.79 Å². The van der Waals surface area contributed by atoms with Gasteiger partial charge in [0.05, 0.1) is 11.6 Å². The second kappa shape index (κ2) is 8.29. The third-order valence-electron chi connectivity index (χ3n) is 3.80. The highest BCUT2D eigenvalue weighted by Crippen LogP contribution is 2.25. The Morgan fingerprint density at radius 1 is 1.15 bits per heavy atom. The third kappa shape index (κ3) is 4.59. The first-order chi connectivity index (χ1) is 12.5. The molecule has 1 aromatic heterocycles. The molecular formula is C20H20N2O3S. The van der Waals surface area contributed by atoms with Crippen LogP contribution in [0.5, 0.6) is 5.75 Å². The maximum atomic E-state index is 11.3. The first-order valence-electron chi connectivity index (χ1n) is 8.31. The molecule has 6 heteroatoms. The van der Waals surface area contributed by atoms with Gasteiger partial charge in [0, 0.05) is 16.7 Å². The summed E-state index contributed by atoms with van der Waals surface area (Å²) in [6.07, 6.45) is -0.637. The van der Waals surface area contributed by atoms with Gasteiger partial charge in [-0.25, -0.2) is 9.97 Å². The molecule has 0 spiro atoms. The van der Waals surface area contributed by atoms with Crippen LogP contribution in [0.15, 0.2) is 53.6 Å². The highest BCUT2D eigenvalue weighted by molar-refractivity contribution is 7.99. The van der Waals surface area contributed by atoms with Crippen molar-refractivity contribution in [3.05, 3.63) is 59.9 Å². The van der Waals surface area contributed by atoms with Crippen molar-refractivity contribution in [1.29, 1.82) is 0 Å². The van der Waals surface area contributed by atoms with Crippen molar-refractivity contribution in [1.82, 2.24) is 9.97 Å². The fourth-order valence-corrected chi connectivity index (χ4v) is 3.44. The number of aliphatic hydroxyl groups excluding tert-OH is 1. The number of hydrogen-bond acceptors (Lipinski definition) is 6. The average molecular weight is 368 g/mol. The van der Waals surface area contributed by atoms with Gasteiger partial charge in [-0.1, -0.05) is 18.2 Å². The summed E-state index contributed by atoms with van der Waals surface area (Å²) in [5.41, 5.74) is 1.54. The molecule has 0 aliphatic rings. The summed E-state index contributed by atoms with van der Waals surface area (Å²) in [6.45, 7) is 3.56. The molecule has 2 aromatic carbocycles. The summed E-state index contributed by atoms with van der Waals surface area (Å²) in [7, 11) is 0. The topological polar surface area (TPSA) is 72.3 Å². The Kier molecular flexibility index (Phi) is 5.85. The number of fused-ring (bicyclic) bond motifs is 1. The van der Waals surface area contributed by atoms with Gasteiger partial charge in [-0.2, -0.15) is 0 Å². The van der Waals surface area contributed by atoms with E-state index in [4.69, 9.17) is 4.74 Å². The molecule has 0 saturated heterocycles. The Morgan fingerprint density at radius 3 is 2.62 bits per heavy atom. The fraction of sp³-hybridized carbons (Fsp3) is 0.250. The monoisotopic (exact) mass is 368 g/mol. The van der Waals surface area contributed by atoms with Crippen LogP contribution in [0, 0.1) is 6.92 Å². The van der Waals surface area contributed by atoms with E-state index in [1.54, 1.807) is 24.3 Å². The van der Waals surface area contributed by atoms with Crippen LogP contribution in [0.3, 0.4) is 0 Å². The van der Waals surface area contributed by atoms with Gasteiger partial charge in [-0.05, 0) is 44.2 Å². The maximum Gasteiger partial charge on any atom is 0.159 e. The van der Waals surface area contributed by atoms with Crippen molar-refractivity contribution in [2.45, 2.75) is 25.0 Å². The lowest BCUT2D eigenvalue weighted by atomic mass is 10.1. The summed E-state index contributed by atoms with van der Waals surface area (Å²) in [5, 5.41) is 12.1. The number of nitrogens with zero attached hydrogens (tertiary/aromatic N) is 2. The second-order valence-corrected chi connectivity index (χ2v) is 6.96. The number of benzene rings is 2. The molecular weight excluding hydrogens is 348 g/mol. The number of aryl methyl sites for hydroxylation is 1. The quantitative estimate of drug-likeness (QED) is 0.390. The standard InChI is InChI=1S/C20H20N2O3S/c1-13(23)15-7-9-17(10-8-15)25-11-16(24)12-26-20-18-5-3-4-6-19(18)21-14(2)22-20/h3-10,16,24H,11-12H2,1-2H3/t16-/m1/s1. The van der Waals surface area contributed by atoms with Crippen LogP contribution in [-0.2, 0) is 0 Å². The zero-order chi connectivity index (χ0) is 18.5. The van der Waals surface area contributed by atoms with Crippen molar-refractivity contribution < 1.29 is 14.6 Å². The summed E-state index contributed by atoms with van der Waals surface area (Å²) in [5.74, 6) is 1.82. The van der Waals surface area contributed by atoms with E-state index in [1.165, 1.54) is 18.7 Å². The molecule has 0 radical (unpaired) electrons. The van der Waals surface area contributed by atoms with Gasteiger partial charge in [0.1, 0.15) is 23.2 Å². The number of hydrogen-bond donors (Lipinski definition) is 1. The number of carbonyl (C=O) groups is 1. The number of carbonyl (C=O) groups excluding carboxylic acids is 1. The highest BCUT2D eigenvalue weighted by atomic mass is 32.2. The van der Waals surface area contributed by atoms with Crippen LogP contribution in [0.2, 0.25) is 0 Å². The van der Waals surface area contributed by atoms with Gasteiger partial charge in [-0.15, -0.1) is 11.8 Å². The van der Waals surface area contributed by atoms with Gasteiger partial charge in [0.2, 0.25) is 0 Å². The van der Waals surface area contributed by atoms with E-state index in [0.29, 0.717) is 22.9 Å². The molecule has 3 aromatic rings. The van der Waals surface area contributed by atoms with Gasteiger partial charge in [0.15, 0.2) is 5.78 Å². The molecule has 1 heterocycles. The molecule has 5 nitrogen and oxygen atoms in total. The van der Waals surface area contributed by atoms with Crippen LogP contribution in [0.25, 0.3) is 10.9 Å². The molecule has 1 atom stereocenters. The molecule has 3 rings (SSSR count). The van der Waals surface area contributed by atoms with Crippen LogP contribution < -0.4 is 4.74 Å². The zero-order valence-corrected chi connectivity index (χ0v) is 15.5. The predicted octanol–water partition coefficient (Wildman–Crippen LogP) is 3.67. The van der Waals surface area contributed by atoms with E-state index in [-0.39, 0.29) is 12.4 Å². The van der Waals surface area contributed by atoms with Crippen molar-refractivity contribution in [2.24, 2.45) is 0 Å². The Labute approximate surface area is 156 Å². The molecule has 0 aliphatic carbocycles. The molecule has 26 heavy (non-hydrogen) atoms. The third-order valence-corrected chi connectivity index (χ3v) is 4.93. The Hall–Kier alpha value is -2.44. The largest absolute Gasteiger partial charge is 0.491 e. The van der Waals surface area contributed by atoms with Crippen LogP contribution in [0.1, 0.15) is 23.1 Å². The SMILES string of the molecule is CC(=O)c1ccc(OC[C@@H](O)CSc2nc(C)nc3ccccc23)cc1. The van der Waals surface area contributed by atoms with Crippen LogP contribution >= 0.6 is 11.8 Å². The molecule has 0 aliphatic heterocycles. The van der Waals surface area contributed by atoms with Crippen molar-refractivity contribution >= 4 is 28.4 Å². The van der Waals surface area contributed by atoms with E-state index >= 15 is 0 Å². The summed E-state index contributed by atoms with van der Waals surface area (Å²) in [6, 6.07) is 14.7. The lowest BCUT2D eigenvalue weighted by Crippen LogP contribution is -2.20. The summed E-state index contributed by atoms with van der Waals surface area (Å²) >= 11 is 1.49. The molecule has 0 amide bonds. The van der Waals surface area contributed by atoms with Crippen molar-refractivity contribution in [2.75, 3.05) is 12.4 Å². The lowest BCUT2D eigenvalue weighted by molar-refractivity contribution is 0.101. The van der Waals surface area contributed by atoms with Gasteiger partial charge >= 0.3 is 0 Å². The number of aromatic nitrogens is 2. The smallest absolute Gasteiger partial charge is 0.159 e. The molecule has 0 unspecified atom stereocenters. The molecule has 0 bridgehead atoms. The van der Waals surface area contributed by atoms with Crippen LogP contribution in [0.4, 0.5) is 0 Å². The average Bonchev–Trinajstić information content (AvgIpc) is 2.64. The van der Waals surface area contributed by atoms with Gasteiger partial charge < -0.3 is 9.84 Å². The number of para-hydroxylation sites is 1. The van der Waals surface area contributed by atoms with Crippen LogP contribution in [-0.4, -0.2) is 39.3 Å². The van der Waals surface area contributed by atoms with E-state index < -0.39 is 6.10 Å². The Balaban J connectivity index is 1.57.